The van der Waals surface area contributed by atoms with Crippen LogP contribution < -0.4 is 0 Å². The second-order valence-electron chi connectivity index (χ2n) is 5.40. The highest BCUT2D eigenvalue weighted by atomic mass is 16.4. The van der Waals surface area contributed by atoms with Gasteiger partial charge in [-0.2, -0.15) is 0 Å². The van der Waals surface area contributed by atoms with Crippen molar-refractivity contribution in [3.63, 3.8) is 0 Å². The Bertz CT molecular complexity index is 778. The summed E-state index contributed by atoms with van der Waals surface area (Å²) in [5.74, 6) is -0.872. The minimum atomic E-state index is -0.872. The normalized spacial score (nSPS) is 9.75. The molecule has 3 nitrogen and oxygen atoms in total. The molecule has 3 heteroatoms. The van der Waals surface area contributed by atoms with Crippen molar-refractivity contribution in [3.8, 4) is 11.1 Å². The number of aliphatic hydroxyl groups excluding tert-OH is 1. The van der Waals surface area contributed by atoms with Crippen molar-refractivity contribution in [1.29, 1.82) is 0 Å². The summed E-state index contributed by atoms with van der Waals surface area (Å²) >= 11 is 0. The van der Waals surface area contributed by atoms with Gasteiger partial charge in [0.15, 0.2) is 0 Å². The number of carboxylic acid groups (broad SMARTS) is 1. The van der Waals surface area contributed by atoms with Crippen molar-refractivity contribution in [2.75, 3.05) is 0 Å². The number of aliphatic hydroxyl groups is 1. The highest BCUT2D eigenvalue weighted by molar-refractivity contribution is 5.87. The van der Waals surface area contributed by atoms with E-state index in [4.69, 9.17) is 10.2 Å². The molecule has 3 rings (SSSR count). The Morgan fingerprint density at radius 1 is 0.833 bits per heavy atom. The zero-order valence-corrected chi connectivity index (χ0v) is 13.5. The lowest BCUT2D eigenvalue weighted by Gasteiger charge is -2.01. The molecule has 0 heterocycles. The summed E-state index contributed by atoms with van der Waals surface area (Å²) in [6.07, 6.45) is 0. The lowest BCUT2D eigenvalue weighted by atomic mass is 10.0. The molecule has 24 heavy (non-hydrogen) atoms. The Morgan fingerprint density at radius 3 is 1.96 bits per heavy atom. The molecule has 0 saturated heterocycles. The van der Waals surface area contributed by atoms with Crippen LogP contribution in [0.25, 0.3) is 11.1 Å². The maximum atomic E-state index is 10.4. The summed E-state index contributed by atoms with van der Waals surface area (Å²) in [7, 11) is 0. The lowest BCUT2D eigenvalue weighted by molar-refractivity contribution is 0.0697. The van der Waals surface area contributed by atoms with Crippen molar-refractivity contribution in [2.45, 2.75) is 13.5 Å². The number of aromatic carboxylic acids is 1. The van der Waals surface area contributed by atoms with Crippen LogP contribution >= 0.6 is 0 Å². The van der Waals surface area contributed by atoms with Gasteiger partial charge >= 0.3 is 5.97 Å². The Kier molecular flexibility index (Phi) is 6.29. The van der Waals surface area contributed by atoms with Gasteiger partial charge in [0, 0.05) is 0 Å². The zero-order valence-electron chi connectivity index (χ0n) is 13.5. The molecule has 0 atom stereocenters. The van der Waals surface area contributed by atoms with E-state index in [1.807, 2.05) is 55.5 Å². The molecule has 0 fully saturated rings. The van der Waals surface area contributed by atoms with Crippen LogP contribution in [-0.4, -0.2) is 16.2 Å². The second kappa shape index (κ2) is 8.65. The number of hydrogen-bond donors (Lipinski definition) is 2. The molecule has 0 spiro atoms. The van der Waals surface area contributed by atoms with Crippen molar-refractivity contribution >= 4 is 5.97 Å². The summed E-state index contributed by atoms with van der Waals surface area (Å²) < 4.78 is 0. The first-order chi connectivity index (χ1) is 11.6. The Hall–Kier alpha value is -2.91. The summed E-state index contributed by atoms with van der Waals surface area (Å²) in [6.45, 7) is 1.97. The minimum absolute atomic E-state index is 0.106. The third kappa shape index (κ3) is 5.07. The topological polar surface area (TPSA) is 57.5 Å². The summed E-state index contributed by atoms with van der Waals surface area (Å²) in [6, 6.07) is 25.0. The summed E-state index contributed by atoms with van der Waals surface area (Å²) in [4.78, 5) is 10.4. The van der Waals surface area contributed by atoms with Crippen LogP contribution in [-0.2, 0) is 6.61 Å². The molecular weight excluding hydrogens is 300 g/mol. The van der Waals surface area contributed by atoms with E-state index in [0.29, 0.717) is 5.56 Å². The Morgan fingerprint density at radius 2 is 1.46 bits per heavy atom. The van der Waals surface area contributed by atoms with Crippen LogP contribution in [0.1, 0.15) is 21.5 Å². The van der Waals surface area contributed by atoms with Gasteiger partial charge in [-0.3, -0.25) is 0 Å². The van der Waals surface area contributed by atoms with E-state index in [2.05, 4.69) is 12.1 Å². The third-order valence-electron chi connectivity index (χ3n) is 3.51. The first-order valence-electron chi connectivity index (χ1n) is 7.65. The largest absolute Gasteiger partial charge is 0.478 e. The molecule has 0 aliphatic carbocycles. The van der Waals surface area contributed by atoms with Gasteiger partial charge in [0.2, 0.25) is 0 Å². The number of carboxylic acids is 1. The fraction of sp³-hybridized carbons (Fsp3) is 0.0952. The maximum Gasteiger partial charge on any atom is 0.335 e. The molecule has 0 aromatic heterocycles. The Labute approximate surface area is 141 Å². The average Bonchev–Trinajstić information content (AvgIpc) is 2.63. The second-order valence-corrected chi connectivity index (χ2v) is 5.40. The maximum absolute atomic E-state index is 10.4. The van der Waals surface area contributed by atoms with Crippen LogP contribution in [0.4, 0.5) is 0 Å². The molecule has 3 aromatic rings. The summed E-state index contributed by atoms with van der Waals surface area (Å²) in [5, 5.41) is 17.4. The highest BCUT2D eigenvalue weighted by Gasteiger charge is 1.99. The van der Waals surface area contributed by atoms with Crippen molar-refractivity contribution in [3.05, 3.63) is 95.6 Å². The molecule has 0 aliphatic rings. The van der Waals surface area contributed by atoms with Gasteiger partial charge in [-0.15, -0.1) is 0 Å². The lowest BCUT2D eigenvalue weighted by Crippen LogP contribution is -1.95. The monoisotopic (exact) mass is 320 g/mol. The van der Waals surface area contributed by atoms with Crippen molar-refractivity contribution in [2.24, 2.45) is 0 Å². The van der Waals surface area contributed by atoms with Crippen LogP contribution in [0.2, 0.25) is 0 Å². The first kappa shape index (κ1) is 17.4. The standard InChI is InChI=1S/C13H12O.C8H8O2/c14-10-11-6-8-13(9-7-11)12-4-2-1-3-5-12;1-6-3-2-4-7(5-6)8(9)10/h1-9,14H,10H2;2-5H,1H3,(H,9,10). The molecular formula is C21H20O3. The van der Waals surface area contributed by atoms with E-state index in [1.165, 1.54) is 11.1 Å². The number of carbonyl (C=O) groups is 1. The number of benzene rings is 3. The van der Waals surface area contributed by atoms with Crippen molar-refractivity contribution in [1.82, 2.24) is 0 Å². The molecule has 3 aromatic carbocycles. The molecule has 0 aliphatic heterocycles. The smallest absolute Gasteiger partial charge is 0.335 e. The summed E-state index contributed by atoms with van der Waals surface area (Å²) in [5.41, 5.74) is 4.66. The molecule has 0 amide bonds. The Balaban J connectivity index is 0.000000185. The molecule has 0 radical (unpaired) electrons. The van der Waals surface area contributed by atoms with E-state index in [9.17, 15) is 4.79 Å². The minimum Gasteiger partial charge on any atom is -0.478 e. The van der Waals surface area contributed by atoms with Crippen LogP contribution in [0.3, 0.4) is 0 Å². The van der Waals surface area contributed by atoms with Crippen LogP contribution in [0.15, 0.2) is 78.9 Å². The number of aryl methyl sites for hydroxylation is 1. The van der Waals surface area contributed by atoms with Gasteiger partial charge in [-0.05, 0) is 35.7 Å². The fourth-order valence-corrected chi connectivity index (χ4v) is 2.21. The van der Waals surface area contributed by atoms with Crippen molar-refractivity contribution < 1.29 is 15.0 Å². The van der Waals surface area contributed by atoms with Gasteiger partial charge in [-0.1, -0.05) is 72.3 Å². The third-order valence-corrected chi connectivity index (χ3v) is 3.51. The van der Waals surface area contributed by atoms with E-state index >= 15 is 0 Å². The quantitative estimate of drug-likeness (QED) is 0.745. The fourth-order valence-electron chi connectivity index (χ4n) is 2.21. The number of hydrogen-bond acceptors (Lipinski definition) is 2. The highest BCUT2D eigenvalue weighted by Crippen LogP contribution is 2.18. The first-order valence-corrected chi connectivity index (χ1v) is 7.65. The molecule has 122 valence electrons. The SMILES string of the molecule is Cc1cccc(C(=O)O)c1.OCc1ccc(-c2ccccc2)cc1. The predicted molar refractivity (Wildman–Crippen MR) is 95.9 cm³/mol. The van der Waals surface area contributed by atoms with E-state index in [-0.39, 0.29) is 6.61 Å². The van der Waals surface area contributed by atoms with E-state index < -0.39 is 5.97 Å². The van der Waals surface area contributed by atoms with Gasteiger partial charge in [-0.25, -0.2) is 4.79 Å². The van der Waals surface area contributed by atoms with Gasteiger partial charge in [0.25, 0.3) is 0 Å². The van der Waals surface area contributed by atoms with Gasteiger partial charge in [0.05, 0.1) is 12.2 Å². The number of rotatable bonds is 3. The predicted octanol–water partition coefficient (Wildman–Crippen LogP) is 4.54. The van der Waals surface area contributed by atoms with Crippen LogP contribution in [0, 0.1) is 6.92 Å². The van der Waals surface area contributed by atoms with Gasteiger partial charge < -0.3 is 10.2 Å². The van der Waals surface area contributed by atoms with E-state index in [1.54, 1.807) is 18.2 Å². The van der Waals surface area contributed by atoms with E-state index in [0.717, 1.165) is 11.1 Å². The van der Waals surface area contributed by atoms with Gasteiger partial charge in [0.1, 0.15) is 0 Å². The molecule has 0 unspecified atom stereocenters. The molecule has 2 N–H and O–H groups in total. The zero-order chi connectivity index (χ0) is 17.4. The molecule has 0 saturated carbocycles. The van der Waals surface area contributed by atoms with Crippen LogP contribution in [0.5, 0.6) is 0 Å². The average molecular weight is 320 g/mol. The molecule has 0 bridgehead atoms.